The van der Waals surface area contributed by atoms with Crippen LogP contribution in [-0.4, -0.2) is 42.3 Å². The second-order valence-corrected chi connectivity index (χ2v) is 4.89. The van der Waals surface area contributed by atoms with Crippen LogP contribution in [0.3, 0.4) is 0 Å². The Hall–Kier alpha value is -0.770. The van der Waals surface area contributed by atoms with Gasteiger partial charge < -0.3 is 15.3 Å². The van der Waals surface area contributed by atoms with E-state index in [1.54, 1.807) is 0 Å². The lowest BCUT2D eigenvalue weighted by Gasteiger charge is -2.22. The van der Waals surface area contributed by atoms with E-state index in [0.29, 0.717) is 13.1 Å². The Labute approximate surface area is 115 Å². The fourth-order valence-electron chi connectivity index (χ4n) is 1.78. The average Bonchev–Trinajstić information content (AvgIpc) is 2.37. The number of rotatable bonds is 7. The number of aliphatic hydroxyl groups is 1. The molecule has 0 heterocycles. The van der Waals surface area contributed by atoms with Crippen LogP contribution in [0.5, 0.6) is 0 Å². The molecular formula is C14H23ClN2O. The number of hydrogen-bond acceptors (Lipinski definition) is 3. The summed E-state index contributed by atoms with van der Waals surface area (Å²) >= 11 is 6.05. The van der Waals surface area contributed by atoms with Crippen molar-refractivity contribution in [2.24, 2.45) is 0 Å². The highest BCUT2D eigenvalue weighted by atomic mass is 35.5. The third-order valence-electron chi connectivity index (χ3n) is 3.08. The first-order chi connectivity index (χ1) is 8.56. The van der Waals surface area contributed by atoms with E-state index in [2.05, 4.69) is 24.1 Å². The standard InChI is InChI=1S/C14H23ClN2O/c1-4-17(5-2)10-13(18)9-16-12-7-6-11(3)14(15)8-12/h6-8,13,16,18H,4-5,9-10H2,1-3H3. The maximum Gasteiger partial charge on any atom is 0.0839 e. The molecule has 0 aliphatic rings. The third-order valence-corrected chi connectivity index (χ3v) is 3.48. The van der Waals surface area contributed by atoms with Gasteiger partial charge in [0.2, 0.25) is 0 Å². The normalized spacial score (nSPS) is 12.8. The van der Waals surface area contributed by atoms with Crippen molar-refractivity contribution in [3.63, 3.8) is 0 Å². The van der Waals surface area contributed by atoms with Crippen LogP contribution in [-0.2, 0) is 0 Å². The molecule has 102 valence electrons. The van der Waals surface area contributed by atoms with Crippen LogP contribution in [0.25, 0.3) is 0 Å². The Balaban J connectivity index is 2.42. The molecule has 0 aromatic heterocycles. The van der Waals surface area contributed by atoms with Crippen molar-refractivity contribution < 1.29 is 5.11 Å². The first-order valence-corrected chi connectivity index (χ1v) is 6.85. The Morgan fingerprint density at radius 3 is 2.56 bits per heavy atom. The molecule has 4 heteroatoms. The van der Waals surface area contributed by atoms with E-state index in [9.17, 15) is 5.11 Å². The molecule has 3 nitrogen and oxygen atoms in total. The molecule has 0 aliphatic heterocycles. The van der Waals surface area contributed by atoms with Gasteiger partial charge in [-0.25, -0.2) is 0 Å². The number of nitrogens with one attached hydrogen (secondary N) is 1. The Bertz CT molecular complexity index is 367. The molecule has 0 amide bonds. The molecule has 1 rings (SSSR count). The van der Waals surface area contributed by atoms with Gasteiger partial charge in [-0.3, -0.25) is 0 Å². The number of likely N-dealkylation sites (N-methyl/N-ethyl adjacent to an activating group) is 1. The molecule has 0 aliphatic carbocycles. The van der Waals surface area contributed by atoms with E-state index in [0.717, 1.165) is 29.4 Å². The maximum atomic E-state index is 9.93. The van der Waals surface area contributed by atoms with Crippen LogP contribution < -0.4 is 5.32 Å². The molecule has 0 radical (unpaired) electrons. The van der Waals surface area contributed by atoms with Crippen LogP contribution in [0.15, 0.2) is 18.2 Å². The lowest BCUT2D eigenvalue weighted by atomic mass is 10.2. The van der Waals surface area contributed by atoms with Crippen molar-refractivity contribution in [1.29, 1.82) is 0 Å². The van der Waals surface area contributed by atoms with Gasteiger partial charge in [0.25, 0.3) is 0 Å². The van der Waals surface area contributed by atoms with Gasteiger partial charge in [0, 0.05) is 23.8 Å². The van der Waals surface area contributed by atoms with Gasteiger partial charge in [0.05, 0.1) is 6.10 Å². The molecule has 0 fully saturated rings. The zero-order valence-corrected chi connectivity index (χ0v) is 12.2. The predicted molar refractivity (Wildman–Crippen MR) is 78.5 cm³/mol. The molecule has 0 spiro atoms. The Morgan fingerprint density at radius 2 is 2.00 bits per heavy atom. The summed E-state index contributed by atoms with van der Waals surface area (Å²) in [6, 6.07) is 5.84. The van der Waals surface area contributed by atoms with Gasteiger partial charge in [-0.2, -0.15) is 0 Å². The minimum atomic E-state index is -0.370. The molecule has 0 bridgehead atoms. The van der Waals surface area contributed by atoms with Crippen LogP contribution in [0.2, 0.25) is 5.02 Å². The van der Waals surface area contributed by atoms with E-state index in [4.69, 9.17) is 11.6 Å². The molecule has 18 heavy (non-hydrogen) atoms. The first-order valence-electron chi connectivity index (χ1n) is 6.47. The van der Waals surface area contributed by atoms with Gasteiger partial charge in [-0.1, -0.05) is 31.5 Å². The average molecular weight is 271 g/mol. The fraction of sp³-hybridized carbons (Fsp3) is 0.571. The fourth-order valence-corrected chi connectivity index (χ4v) is 1.96. The van der Waals surface area contributed by atoms with E-state index < -0.39 is 0 Å². The number of aryl methyl sites for hydroxylation is 1. The molecule has 1 atom stereocenters. The quantitative estimate of drug-likeness (QED) is 0.800. The summed E-state index contributed by atoms with van der Waals surface area (Å²) < 4.78 is 0. The van der Waals surface area contributed by atoms with Crippen molar-refractivity contribution in [3.05, 3.63) is 28.8 Å². The highest BCUT2D eigenvalue weighted by Crippen LogP contribution is 2.19. The SMILES string of the molecule is CCN(CC)CC(O)CNc1ccc(C)c(Cl)c1. The summed E-state index contributed by atoms with van der Waals surface area (Å²) in [5.74, 6) is 0. The van der Waals surface area contributed by atoms with E-state index >= 15 is 0 Å². The van der Waals surface area contributed by atoms with Crippen molar-refractivity contribution in [3.8, 4) is 0 Å². The minimum Gasteiger partial charge on any atom is -0.390 e. The highest BCUT2D eigenvalue weighted by molar-refractivity contribution is 6.31. The Morgan fingerprint density at radius 1 is 1.33 bits per heavy atom. The number of hydrogen-bond donors (Lipinski definition) is 2. The van der Waals surface area contributed by atoms with E-state index in [-0.39, 0.29) is 6.10 Å². The lowest BCUT2D eigenvalue weighted by molar-refractivity contribution is 0.128. The zero-order valence-electron chi connectivity index (χ0n) is 11.4. The second-order valence-electron chi connectivity index (χ2n) is 4.48. The van der Waals surface area contributed by atoms with Crippen LogP contribution in [0, 0.1) is 6.92 Å². The largest absolute Gasteiger partial charge is 0.390 e. The molecule has 0 saturated carbocycles. The summed E-state index contributed by atoms with van der Waals surface area (Å²) in [5.41, 5.74) is 2.01. The lowest BCUT2D eigenvalue weighted by Crippen LogP contribution is -2.35. The zero-order chi connectivity index (χ0) is 13.5. The van der Waals surface area contributed by atoms with Gasteiger partial charge in [0.15, 0.2) is 0 Å². The minimum absolute atomic E-state index is 0.370. The number of anilines is 1. The van der Waals surface area contributed by atoms with Crippen molar-refractivity contribution >= 4 is 17.3 Å². The number of aliphatic hydroxyl groups excluding tert-OH is 1. The monoisotopic (exact) mass is 270 g/mol. The molecule has 2 N–H and O–H groups in total. The Kier molecular flexibility index (Phi) is 6.47. The summed E-state index contributed by atoms with van der Waals surface area (Å²) in [5, 5.41) is 13.9. The summed E-state index contributed by atoms with van der Waals surface area (Å²) in [6.07, 6.45) is -0.370. The number of nitrogens with zero attached hydrogens (tertiary/aromatic N) is 1. The second kappa shape index (κ2) is 7.62. The van der Waals surface area contributed by atoms with Gasteiger partial charge >= 0.3 is 0 Å². The van der Waals surface area contributed by atoms with Crippen LogP contribution in [0.1, 0.15) is 19.4 Å². The first kappa shape index (κ1) is 15.3. The smallest absolute Gasteiger partial charge is 0.0839 e. The van der Waals surface area contributed by atoms with Crippen LogP contribution in [0.4, 0.5) is 5.69 Å². The number of benzene rings is 1. The van der Waals surface area contributed by atoms with E-state index in [1.807, 2.05) is 25.1 Å². The molecule has 1 unspecified atom stereocenters. The number of halogens is 1. The molecular weight excluding hydrogens is 248 g/mol. The van der Waals surface area contributed by atoms with Crippen molar-refractivity contribution in [2.75, 3.05) is 31.5 Å². The molecule has 1 aromatic rings. The topological polar surface area (TPSA) is 35.5 Å². The van der Waals surface area contributed by atoms with E-state index in [1.165, 1.54) is 0 Å². The van der Waals surface area contributed by atoms with Gasteiger partial charge in [-0.15, -0.1) is 0 Å². The summed E-state index contributed by atoms with van der Waals surface area (Å²) in [6.45, 7) is 9.33. The molecule has 1 aromatic carbocycles. The van der Waals surface area contributed by atoms with Crippen molar-refractivity contribution in [2.45, 2.75) is 26.9 Å². The third kappa shape index (κ3) is 4.84. The molecule has 0 saturated heterocycles. The van der Waals surface area contributed by atoms with Crippen LogP contribution >= 0.6 is 11.6 Å². The van der Waals surface area contributed by atoms with Gasteiger partial charge in [0.1, 0.15) is 0 Å². The predicted octanol–water partition coefficient (Wildman–Crippen LogP) is 2.76. The highest BCUT2D eigenvalue weighted by Gasteiger charge is 2.08. The summed E-state index contributed by atoms with van der Waals surface area (Å²) in [7, 11) is 0. The van der Waals surface area contributed by atoms with Gasteiger partial charge in [-0.05, 0) is 37.7 Å². The summed E-state index contributed by atoms with van der Waals surface area (Å²) in [4.78, 5) is 2.20. The maximum absolute atomic E-state index is 9.93. The van der Waals surface area contributed by atoms with Crippen molar-refractivity contribution in [1.82, 2.24) is 4.90 Å².